The molecular formula is C15H23N5O. The number of aryl methyl sites for hydroxylation is 3. The van der Waals surface area contributed by atoms with Crippen molar-refractivity contribution in [3.05, 3.63) is 28.8 Å². The minimum absolute atomic E-state index is 0.367. The first-order valence-electron chi connectivity index (χ1n) is 7.24. The summed E-state index contributed by atoms with van der Waals surface area (Å²) in [5.74, 6) is 0.730. The lowest BCUT2D eigenvalue weighted by atomic mass is 10.2. The molecule has 2 aromatic rings. The molecular weight excluding hydrogens is 266 g/mol. The van der Waals surface area contributed by atoms with Gasteiger partial charge in [-0.05, 0) is 33.7 Å². The summed E-state index contributed by atoms with van der Waals surface area (Å²) in [5.41, 5.74) is 3.82. The van der Waals surface area contributed by atoms with E-state index in [2.05, 4.69) is 27.3 Å². The molecule has 1 N–H and O–H groups in total. The van der Waals surface area contributed by atoms with Gasteiger partial charge in [-0.15, -0.1) is 0 Å². The van der Waals surface area contributed by atoms with Gasteiger partial charge < -0.3 is 10.1 Å². The Hall–Kier alpha value is -1.95. The highest BCUT2D eigenvalue weighted by Crippen LogP contribution is 2.26. The van der Waals surface area contributed by atoms with Crippen LogP contribution in [0.2, 0.25) is 0 Å². The zero-order valence-corrected chi connectivity index (χ0v) is 13.4. The van der Waals surface area contributed by atoms with Crippen molar-refractivity contribution >= 4 is 0 Å². The molecule has 2 heterocycles. The molecule has 114 valence electrons. The summed E-state index contributed by atoms with van der Waals surface area (Å²) in [5, 5.41) is 7.67. The van der Waals surface area contributed by atoms with Crippen molar-refractivity contribution in [3.8, 4) is 11.8 Å². The van der Waals surface area contributed by atoms with Crippen molar-refractivity contribution in [1.29, 1.82) is 0 Å². The SMILES string of the molecule is CCCNCc1cnc(Oc2c(C)nn(C)c2C)nc1C. The lowest BCUT2D eigenvalue weighted by molar-refractivity contribution is 0.432. The number of ether oxygens (including phenoxy) is 1. The maximum absolute atomic E-state index is 5.80. The zero-order valence-electron chi connectivity index (χ0n) is 13.4. The Balaban J connectivity index is 2.13. The molecule has 2 aromatic heterocycles. The monoisotopic (exact) mass is 289 g/mol. The molecule has 21 heavy (non-hydrogen) atoms. The third kappa shape index (κ3) is 3.58. The van der Waals surface area contributed by atoms with Crippen molar-refractivity contribution in [2.45, 2.75) is 40.7 Å². The van der Waals surface area contributed by atoms with Gasteiger partial charge in [-0.3, -0.25) is 4.68 Å². The highest BCUT2D eigenvalue weighted by molar-refractivity contribution is 5.34. The summed E-state index contributed by atoms with van der Waals surface area (Å²) in [6.45, 7) is 9.77. The molecule has 0 aliphatic rings. The first kappa shape index (κ1) is 15.4. The Labute approximate surface area is 125 Å². The Morgan fingerprint density at radius 3 is 2.57 bits per heavy atom. The molecule has 0 bridgehead atoms. The van der Waals surface area contributed by atoms with E-state index < -0.39 is 0 Å². The summed E-state index contributed by atoms with van der Waals surface area (Å²) < 4.78 is 7.59. The van der Waals surface area contributed by atoms with E-state index >= 15 is 0 Å². The van der Waals surface area contributed by atoms with E-state index in [0.29, 0.717) is 6.01 Å². The van der Waals surface area contributed by atoms with Crippen LogP contribution in [0.1, 0.15) is 36.0 Å². The molecule has 0 radical (unpaired) electrons. The summed E-state index contributed by atoms with van der Waals surface area (Å²) in [6, 6.07) is 0.367. The van der Waals surface area contributed by atoms with Crippen LogP contribution in [0.4, 0.5) is 0 Å². The number of hydrogen-bond acceptors (Lipinski definition) is 5. The summed E-state index contributed by atoms with van der Waals surface area (Å²) in [7, 11) is 1.89. The number of rotatable bonds is 6. The smallest absolute Gasteiger partial charge is 0.322 e. The molecule has 0 saturated heterocycles. The van der Waals surface area contributed by atoms with Crippen molar-refractivity contribution in [1.82, 2.24) is 25.1 Å². The number of nitrogens with zero attached hydrogens (tertiary/aromatic N) is 4. The fraction of sp³-hybridized carbons (Fsp3) is 0.533. The van der Waals surface area contributed by atoms with Crippen LogP contribution < -0.4 is 10.1 Å². The van der Waals surface area contributed by atoms with Gasteiger partial charge >= 0.3 is 6.01 Å². The van der Waals surface area contributed by atoms with E-state index in [-0.39, 0.29) is 0 Å². The first-order chi connectivity index (χ1) is 10.0. The van der Waals surface area contributed by atoms with Crippen LogP contribution >= 0.6 is 0 Å². The van der Waals surface area contributed by atoms with Crippen molar-refractivity contribution in [2.24, 2.45) is 7.05 Å². The Kier molecular flexibility index (Phi) is 4.90. The molecule has 6 nitrogen and oxygen atoms in total. The van der Waals surface area contributed by atoms with Gasteiger partial charge in [0.05, 0.1) is 5.69 Å². The van der Waals surface area contributed by atoms with E-state index in [0.717, 1.165) is 47.9 Å². The van der Waals surface area contributed by atoms with E-state index in [1.165, 1.54) is 0 Å². The molecule has 0 aromatic carbocycles. The first-order valence-corrected chi connectivity index (χ1v) is 7.24. The van der Waals surface area contributed by atoms with Crippen LogP contribution in [0.3, 0.4) is 0 Å². The van der Waals surface area contributed by atoms with E-state index in [1.54, 1.807) is 4.68 Å². The summed E-state index contributed by atoms with van der Waals surface area (Å²) >= 11 is 0. The van der Waals surface area contributed by atoms with E-state index in [4.69, 9.17) is 4.74 Å². The molecule has 6 heteroatoms. The van der Waals surface area contributed by atoms with E-state index in [9.17, 15) is 0 Å². The van der Waals surface area contributed by atoms with Crippen LogP contribution in [-0.4, -0.2) is 26.3 Å². The van der Waals surface area contributed by atoms with Gasteiger partial charge in [0.15, 0.2) is 5.75 Å². The maximum atomic E-state index is 5.80. The fourth-order valence-corrected chi connectivity index (χ4v) is 2.09. The molecule has 0 unspecified atom stereocenters. The lowest BCUT2D eigenvalue weighted by Gasteiger charge is -2.08. The number of nitrogens with one attached hydrogen (secondary N) is 1. The Bertz CT molecular complexity index is 621. The molecule has 0 aliphatic carbocycles. The Morgan fingerprint density at radius 2 is 2.00 bits per heavy atom. The van der Waals surface area contributed by atoms with Crippen LogP contribution in [0.15, 0.2) is 6.20 Å². The van der Waals surface area contributed by atoms with Gasteiger partial charge in [0, 0.05) is 31.0 Å². The van der Waals surface area contributed by atoms with Crippen molar-refractivity contribution in [2.75, 3.05) is 6.54 Å². The van der Waals surface area contributed by atoms with E-state index in [1.807, 2.05) is 34.0 Å². The quantitative estimate of drug-likeness (QED) is 0.827. The lowest BCUT2D eigenvalue weighted by Crippen LogP contribution is -2.15. The highest BCUT2D eigenvalue weighted by Gasteiger charge is 2.13. The second-order valence-electron chi connectivity index (χ2n) is 5.17. The number of hydrogen-bond donors (Lipinski definition) is 1. The Morgan fingerprint density at radius 1 is 1.24 bits per heavy atom. The molecule has 0 spiro atoms. The van der Waals surface area contributed by atoms with Gasteiger partial charge in [-0.1, -0.05) is 6.92 Å². The summed E-state index contributed by atoms with van der Waals surface area (Å²) in [4.78, 5) is 8.72. The summed E-state index contributed by atoms with van der Waals surface area (Å²) in [6.07, 6.45) is 2.93. The fourth-order valence-electron chi connectivity index (χ4n) is 2.09. The highest BCUT2D eigenvalue weighted by atomic mass is 16.5. The van der Waals surface area contributed by atoms with Gasteiger partial charge in [-0.25, -0.2) is 4.98 Å². The second kappa shape index (κ2) is 6.67. The normalized spacial score (nSPS) is 10.9. The molecule has 0 amide bonds. The minimum atomic E-state index is 0.367. The topological polar surface area (TPSA) is 64.9 Å². The molecule has 0 saturated carbocycles. The average molecular weight is 289 g/mol. The third-order valence-electron chi connectivity index (χ3n) is 3.44. The zero-order chi connectivity index (χ0) is 15.4. The largest absolute Gasteiger partial charge is 0.420 e. The van der Waals surface area contributed by atoms with Crippen molar-refractivity contribution < 1.29 is 4.74 Å². The third-order valence-corrected chi connectivity index (χ3v) is 3.44. The minimum Gasteiger partial charge on any atom is -0.420 e. The maximum Gasteiger partial charge on any atom is 0.322 e. The number of aromatic nitrogens is 4. The van der Waals surface area contributed by atoms with Gasteiger partial charge in [0.25, 0.3) is 0 Å². The van der Waals surface area contributed by atoms with Gasteiger partial charge in [0.1, 0.15) is 5.69 Å². The second-order valence-corrected chi connectivity index (χ2v) is 5.17. The molecule has 0 atom stereocenters. The molecule has 0 aliphatic heterocycles. The average Bonchev–Trinajstić information content (AvgIpc) is 2.68. The standard InChI is InChI=1S/C15H23N5O/c1-6-7-16-8-13-9-17-15(18-10(13)2)21-14-11(3)19-20(5)12(14)4/h9,16H,6-8H2,1-5H3. The van der Waals surface area contributed by atoms with Gasteiger partial charge in [0.2, 0.25) is 0 Å². The molecule has 2 rings (SSSR count). The van der Waals surface area contributed by atoms with Crippen LogP contribution in [0.5, 0.6) is 11.8 Å². The van der Waals surface area contributed by atoms with Gasteiger partial charge in [-0.2, -0.15) is 10.1 Å². The van der Waals surface area contributed by atoms with Crippen LogP contribution in [-0.2, 0) is 13.6 Å². The molecule has 0 fully saturated rings. The van der Waals surface area contributed by atoms with Crippen molar-refractivity contribution in [3.63, 3.8) is 0 Å². The predicted molar refractivity (Wildman–Crippen MR) is 81.5 cm³/mol. The predicted octanol–water partition coefficient (Wildman–Crippen LogP) is 2.43. The van der Waals surface area contributed by atoms with Crippen LogP contribution in [0, 0.1) is 20.8 Å². The van der Waals surface area contributed by atoms with Crippen LogP contribution in [0.25, 0.3) is 0 Å².